The lowest BCUT2D eigenvalue weighted by atomic mass is 10.0. The Labute approximate surface area is 132 Å². The molecule has 0 fully saturated rings. The molecule has 1 aromatic rings. The SMILES string of the molecule is CCOC(=O)C(CC(C)C)NC(=O)Nc1cc(F)c(O)c(F)c1. The first-order valence-corrected chi connectivity index (χ1v) is 7.16. The van der Waals surface area contributed by atoms with Crippen molar-refractivity contribution in [3.63, 3.8) is 0 Å². The van der Waals surface area contributed by atoms with E-state index in [0.29, 0.717) is 6.42 Å². The van der Waals surface area contributed by atoms with Crippen molar-refractivity contribution in [3.05, 3.63) is 23.8 Å². The van der Waals surface area contributed by atoms with Crippen molar-refractivity contribution < 1.29 is 28.2 Å². The van der Waals surface area contributed by atoms with Crippen LogP contribution in [0.1, 0.15) is 27.2 Å². The summed E-state index contributed by atoms with van der Waals surface area (Å²) >= 11 is 0. The van der Waals surface area contributed by atoms with Crippen LogP contribution in [0.5, 0.6) is 5.75 Å². The van der Waals surface area contributed by atoms with E-state index in [1.807, 2.05) is 13.8 Å². The Balaban J connectivity index is 2.77. The van der Waals surface area contributed by atoms with Crippen molar-refractivity contribution >= 4 is 17.7 Å². The number of nitrogens with one attached hydrogen (secondary N) is 2. The van der Waals surface area contributed by atoms with Crippen LogP contribution in [0, 0.1) is 17.6 Å². The van der Waals surface area contributed by atoms with E-state index in [2.05, 4.69) is 10.6 Å². The standard InChI is InChI=1S/C15H20F2N2O4/c1-4-23-14(21)12(5-8(2)3)19-15(22)18-9-6-10(16)13(20)11(17)7-9/h6-8,12,20H,4-5H2,1-3H3,(H2,18,19,22). The number of rotatable bonds is 6. The zero-order chi connectivity index (χ0) is 17.6. The van der Waals surface area contributed by atoms with Crippen LogP contribution >= 0.6 is 0 Å². The number of halogens is 2. The van der Waals surface area contributed by atoms with Crippen molar-refractivity contribution in [2.24, 2.45) is 5.92 Å². The number of anilines is 1. The first-order valence-electron chi connectivity index (χ1n) is 7.16. The summed E-state index contributed by atoms with van der Waals surface area (Å²) in [5.41, 5.74) is -0.192. The molecule has 6 nitrogen and oxygen atoms in total. The Morgan fingerprint density at radius 1 is 1.26 bits per heavy atom. The van der Waals surface area contributed by atoms with E-state index in [1.165, 1.54) is 0 Å². The van der Waals surface area contributed by atoms with Gasteiger partial charge in [-0.25, -0.2) is 18.4 Å². The lowest BCUT2D eigenvalue weighted by molar-refractivity contribution is -0.145. The lowest BCUT2D eigenvalue weighted by Gasteiger charge is -2.19. The fraction of sp³-hybridized carbons (Fsp3) is 0.467. The lowest BCUT2D eigenvalue weighted by Crippen LogP contribution is -2.44. The number of carbonyl (C=O) groups is 2. The molecule has 23 heavy (non-hydrogen) atoms. The summed E-state index contributed by atoms with van der Waals surface area (Å²) in [6, 6.07) is -0.158. The fourth-order valence-corrected chi connectivity index (χ4v) is 1.89. The second kappa shape index (κ2) is 8.30. The van der Waals surface area contributed by atoms with E-state index in [9.17, 15) is 18.4 Å². The number of esters is 1. The largest absolute Gasteiger partial charge is 0.503 e. The second-order valence-corrected chi connectivity index (χ2v) is 5.32. The molecule has 0 saturated heterocycles. The maximum atomic E-state index is 13.2. The molecule has 1 aromatic carbocycles. The van der Waals surface area contributed by atoms with E-state index in [1.54, 1.807) is 6.92 Å². The zero-order valence-electron chi connectivity index (χ0n) is 13.2. The van der Waals surface area contributed by atoms with Crippen LogP contribution in [0.15, 0.2) is 12.1 Å². The van der Waals surface area contributed by atoms with Gasteiger partial charge in [-0.1, -0.05) is 13.8 Å². The molecule has 0 aliphatic carbocycles. The number of hydrogen-bond acceptors (Lipinski definition) is 4. The summed E-state index contributed by atoms with van der Waals surface area (Å²) in [7, 11) is 0. The van der Waals surface area contributed by atoms with Gasteiger partial charge in [0.05, 0.1) is 6.61 Å². The Morgan fingerprint density at radius 3 is 2.30 bits per heavy atom. The highest BCUT2D eigenvalue weighted by Crippen LogP contribution is 2.24. The third-order valence-corrected chi connectivity index (χ3v) is 2.86. The monoisotopic (exact) mass is 330 g/mol. The Kier molecular flexibility index (Phi) is 6.74. The number of carbonyl (C=O) groups excluding carboxylic acids is 2. The van der Waals surface area contributed by atoms with Crippen LogP contribution in [-0.2, 0) is 9.53 Å². The molecule has 8 heteroatoms. The normalized spacial score (nSPS) is 11.9. The Bertz CT molecular complexity index is 556. The van der Waals surface area contributed by atoms with Crippen molar-refractivity contribution in [2.75, 3.05) is 11.9 Å². The van der Waals surface area contributed by atoms with Crippen LogP contribution in [-0.4, -0.2) is 29.8 Å². The maximum Gasteiger partial charge on any atom is 0.328 e. The van der Waals surface area contributed by atoms with Crippen molar-refractivity contribution in [3.8, 4) is 5.75 Å². The smallest absolute Gasteiger partial charge is 0.328 e. The van der Waals surface area contributed by atoms with E-state index in [-0.39, 0.29) is 18.2 Å². The van der Waals surface area contributed by atoms with Gasteiger partial charge >= 0.3 is 12.0 Å². The molecule has 0 saturated carbocycles. The average molecular weight is 330 g/mol. The number of benzene rings is 1. The van der Waals surface area contributed by atoms with E-state index in [4.69, 9.17) is 9.84 Å². The average Bonchev–Trinajstić information content (AvgIpc) is 2.43. The Hall–Kier alpha value is -2.38. The van der Waals surface area contributed by atoms with Crippen LogP contribution in [0.2, 0.25) is 0 Å². The van der Waals surface area contributed by atoms with Crippen molar-refractivity contribution in [2.45, 2.75) is 33.2 Å². The third-order valence-electron chi connectivity index (χ3n) is 2.86. The van der Waals surface area contributed by atoms with Crippen molar-refractivity contribution in [1.82, 2.24) is 5.32 Å². The molecule has 0 aromatic heterocycles. The number of ether oxygens (including phenoxy) is 1. The summed E-state index contributed by atoms with van der Waals surface area (Å²) in [5, 5.41) is 13.6. The summed E-state index contributed by atoms with van der Waals surface area (Å²) in [5.74, 6) is -4.00. The van der Waals surface area contributed by atoms with Gasteiger partial charge in [-0.05, 0) is 19.3 Å². The molecular formula is C15H20F2N2O4. The molecule has 0 bridgehead atoms. The highest BCUT2D eigenvalue weighted by molar-refractivity contribution is 5.92. The first-order chi connectivity index (χ1) is 10.7. The number of aromatic hydroxyl groups is 1. The highest BCUT2D eigenvalue weighted by atomic mass is 19.1. The zero-order valence-corrected chi connectivity index (χ0v) is 13.2. The number of urea groups is 1. The molecule has 3 N–H and O–H groups in total. The Morgan fingerprint density at radius 2 is 1.83 bits per heavy atom. The summed E-state index contributed by atoms with van der Waals surface area (Å²) < 4.78 is 31.3. The van der Waals surface area contributed by atoms with Gasteiger partial charge in [-0.2, -0.15) is 0 Å². The predicted octanol–water partition coefficient (Wildman–Crippen LogP) is 2.77. The molecule has 1 unspecified atom stereocenters. The molecule has 0 radical (unpaired) electrons. The van der Waals surface area contributed by atoms with E-state index in [0.717, 1.165) is 12.1 Å². The molecule has 1 rings (SSSR count). The van der Waals surface area contributed by atoms with Gasteiger partial charge in [0.25, 0.3) is 0 Å². The number of amides is 2. The molecule has 0 aliphatic rings. The van der Waals surface area contributed by atoms with Gasteiger partial charge in [0.1, 0.15) is 6.04 Å². The topological polar surface area (TPSA) is 87.7 Å². The quantitative estimate of drug-likeness (QED) is 0.553. The van der Waals surface area contributed by atoms with Gasteiger partial charge in [-0.15, -0.1) is 0 Å². The van der Waals surface area contributed by atoms with Crippen molar-refractivity contribution in [1.29, 1.82) is 0 Å². The molecule has 128 valence electrons. The summed E-state index contributed by atoms with van der Waals surface area (Å²) in [4.78, 5) is 23.7. The van der Waals surface area contributed by atoms with Crippen LogP contribution in [0.4, 0.5) is 19.3 Å². The fourth-order valence-electron chi connectivity index (χ4n) is 1.89. The molecule has 0 aliphatic heterocycles. The first kappa shape index (κ1) is 18.7. The minimum atomic E-state index is -1.20. The molecule has 0 spiro atoms. The van der Waals surface area contributed by atoms with Gasteiger partial charge < -0.3 is 20.5 Å². The van der Waals surface area contributed by atoms with Crippen LogP contribution < -0.4 is 10.6 Å². The molecule has 2 amide bonds. The van der Waals surface area contributed by atoms with Gasteiger partial charge in [0.15, 0.2) is 17.4 Å². The number of phenols is 1. The summed E-state index contributed by atoms with van der Waals surface area (Å²) in [6.45, 7) is 5.56. The number of hydrogen-bond donors (Lipinski definition) is 3. The number of phenolic OH excluding ortho intramolecular Hbond substituents is 1. The summed E-state index contributed by atoms with van der Waals surface area (Å²) in [6.07, 6.45) is 0.352. The molecular weight excluding hydrogens is 310 g/mol. The van der Waals surface area contributed by atoms with E-state index < -0.39 is 35.4 Å². The van der Waals surface area contributed by atoms with Gasteiger partial charge in [0, 0.05) is 17.8 Å². The highest BCUT2D eigenvalue weighted by Gasteiger charge is 2.23. The molecule has 1 atom stereocenters. The van der Waals surface area contributed by atoms with Crippen LogP contribution in [0.25, 0.3) is 0 Å². The van der Waals surface area contributed by atoms with Gasteiger partial charge in [-0.3, -0.25) is 0 Å². The predicted molar refractivity (Wildman–Crippen MR) is 80.1 cm³/mol. The maximum absolute atomic E-state index is 13.2. The van der Waals surface area contributed by atoms with Crippen LogP contribution in [0.3, 0.4) is 0 Å². The molecule has 0 heterocycles. The minimum absolute atomic E-state index is 0.119. The third kappa shape index (κ3) is 5.72. The second-order valence-electron chi connectivity index (χ2n) is 5.32. The minimum Gasteiger partial charge on any atom is -0.503 e. The van der Waals surface area contributed by atoms with Gasteiger partial charge in [0.2, 0.25) is 0 Å². The van der Waals surface area contributed by atoms with E-state index >= 15 is 0 Å².